The highest BCUT2D eigenvalue weighted by Gasteiger charge is 2.45. The summed E-state index contributed by atoms with van der Waals surface area (Å²) in [6.45, 7) is 0. The van der Waals surface area contributed by atoms with E-state index in [2.05, 4.69) is 0 Å². The standard InChI is InChI=1S/C13H12O4/c1-16-13(12(14)15,11-8-5-9-17-11)10-6-3-2-4-7-10/h2-9H,1H3,(H,14,15). The van der Waals surface area contributed by atoms with E-state index >= 15 is 0 Å². The van der Waals surface area contributed by atoms with Gasteiger partial charge >= 0.3 is 5.97 Å². The van der Waals surface area contributed by atoms with Crippen molar-refractivity contribution in [3.63, 3.8) is 0 Å². The van der Waals surface area contributed by atoms with E-state index in [9.17, 15) is 9.90 Å². The van der Waals surface area contributed by atoms with Crippen molar-refractivity contribution >= 4 is 5.97 Å². The van der Waals surface area contributed by atoms with Crippen LogP contribution in [0.1, 0.15) is 11.3 Å². The first-order chi connectivity index (χ1) is 8.21. The predicted molar refractivity (Wildman–Crippen MR) is 60.6 cm³/mol. The molecular weight excluding hydrogens is 220 g/mol. The molecule has 0 saturated heterocycles. The number of ether oxygens (including phenoxy) is 1. The van der Waals surface area contributed by atoms with Crippen LogP contribution in [0.5, 0.6) is 0 Å². The molecule has 0 aliphatic carbocycles. The minimum absolute atomic E-state index is 0.249. The summed E-state index contributed by atoms with van der Waals surface area (Å²) < 4.78 is 10.4. The van der Waals surface area contributed by atoms with Gasteiger partial charge in [-0.15, -0.1) is 0 Å². The Labute approximate surface area is 98.4 Å². The molecule has 1 N–H and O–H groups in total. The van der Waals surface area contributed by atoms with Crippen molar-refractivity contribution in [1.29, 1.82) is 0 Å². The summed E-state index contributed by atoms with van der Waals surface area (Å²) in [6, 6.07) is 11.9. The molecule has 1 unspecified atom stereocenters. The van der Waals surface area contributed by atoms with E-state index < -0.39 is 11.6 Å². The summed E-state index contributed by atoms with van der Waals surface area (Å²) >= 11 is 0. The van der Waals surface area contributed by atoms with Gasteiger partial charge < -0.3 is 14.3 Å². The van der Waals surface area contributed by atoms with Crippen molar-refractivity contribution in [3.8, 4) is 0 Å². The normalized spacial score (nSPS) is 14.2. The van der Waals surface area contributed by atoms with Crippen molar-refractivity contribution in [3.05, 3.63) is 60.1 Å². The molecule has 0 radical (unpaired) electrons. The molecule has 0 amide bonds. The number of hydrogen-bond donors (Lipinski definition) is 1. The zero-order valence-electron chi connectivity index (χ0n) is 9.29. The summed E-state index contributed by atoms with van der Waals surface area (Å²) in [7, 11) is 1.35. The molecule has 1 aromatic carbocycles. The number of carboxylic acids is 1. The lowest BCUT2D eigenvalue weighted by molar-refractivity contribution is -0.160. The molecule has 4 heteroatoms. The van der Waals surface area contributed by atoms with Gasteiger partial charge in [0.1, 0.15) is 0 Å². The first-order valence-electron chi connectivity index (χ1n) is 5.10. The molecule has 17 heavy (non-hydrogen) atoms. The Bertz CT molecular complexity index is 489. The largest absolute Gasteiger partial charge is 0.478 e. The van der Waals surface area contributed by atoms with Crippen molar-refractivity contribution in [2.24, 2.45) is 0 Å². The van der Waals surface area contributed by atoms with E-state index in [1.54, 1.807) is 36.4 Å². The molecule has 0 aliphatic rings. The van der Waals surface area contributed by atoms with Gasteiger partial charge in [0, 0.05) is 12.7 Å². The Balaban J connectivity index is 2.63. The highest BCUT2D eigenvalue weighted by atomic mass is 16.5. The molecule has 0 aliphatic heterocycles. The quantitative estimate of drug-likeness (QED) is 0.878. The van der Waals surface area contributed by atoms with Crippen LogP contribution in [0.25, 0.3) is 0 Å². The molecule has 0 spiro atoms. The van der Waals surface area contributed by atoms with Crippen LogP contribution in [0.2, 0.25) is 0 Å². The molecular formula is C13H12O4. The summed E-state index contributed by atoms with van der Waals surface area (Å²) in [4.78, 5) is 11.6. The number of methoxy groups -OCH3 is 1. The van der Waals surface area contributed by atoms with Crippen LogP contribution < -0.4 is 0 Å². The van der Waals surface area contributed by atoms with Crippen LogP contribution in [-0.2, 0) is 15.1 Å². The minimum atomic E-state index is -1.59. The van der Waals surface area contributed by atoms with Gasteiger partial charge in [0.05, 0.1) is 6.26 Å². The number of rotatable bonds is 4. The molecule has 0 bridgehead atoms. The predicted octanol–water partition coefficient (Wildman–Crippen LogP) is 2.25. The molecule has 4 nitrogen and oxygen atoms in total. The lowest BCUT2D eigenvalue weighted by Gasteiger charge is -2.26. The number of carboxylic acid groups (broad SMARTS) is 1. The maximum Gasteiger partial charge on any atom is 0.348 e. The molecule has 1 aromatic heterocycles. The van der Waals surface area contributed by atoms with Crippen LogP contribution in [0.4, 0.5) is 0 Å². The van der Waals surface area contributed by atoms with Gasteiger partial charge in [0.2, 0.25) is 5.60 Å². The lowest BCUT2D eigenvalue weighted by Crippen LogP contribution is -2.38. The summed E-state index contributed by atoms with van der Waals surface area (Å²) in [5.74, 6) is -0.861. The fraction of sp³-hybridized carbons (Fsp3) is 0.154. The Kier molecular flexibility index (Phi) is 2.97. The monoisotopic (exact) mass is 232 g/mol. The third kappa shape index (κ3) is 1.72. The van der Waals surface area contributed by atoms with Crippen molar-refractivity contribution in [1.82, 2.24) is 0 Å². The van der Waals surface area contributed by atoms with Crippen molar-refractivity contribution in [2.45, 2.75) is 5.60 Å². The van der Waals surface area contributed by atoms with E-state index in [0.717, 1.165) is 0 Å². The second-order valence-electron chi connectivity index (χ2n) is 3.53. The SMILES string of the molecule is COC(C(=O)O)(c1ccccc1)c1ccco1. The van der Waals surface area contributed by atoms with E-state index in [4.69, 9.17) is 9.15 Å². The van der Waals surface area contributed by atoms with Gasteiger partial charge in [0.25, 0.3) is 0 Å². The second kappa shape index (κ2) is 4.43. The summed E-state index contributed by atoms with van der Waals surface area (Å²) in [5.41, 5.74) is -1.07. The van der Waals surface area contributed by atoms with Crippen LogP contribution in [0, 0.1) is 0 Å². The van der Waals surface area contributed by atoms with E-state index in [0.29, 0.717) is 5.56 Å². The Morgan fingerprint density at radius 3 is 2.41 bits per heavy atom. The maximum atomic E-state index is 11.6. The fourth-order valence-electron chi connectivity index (χ4n) is 1.83. The molecule has 0 fully saturated rings. The molecule has 1 atom stereocenters. The first kappa shape index (κ1) is 11.4. The molecule has 2 rings (SSSR count). The fourth-order valence-corrected chi connectivity index (χ4v) is 1.83. The van der Waals surface area contributed by atoms with Gasteiger partial charge in [-0.05, 0) is 12.1 Å². The van der Waals surface area contributed by atoms with Crippen molar-refractivity contribution < 1.29 is 19.1 Å². The Hall–Kier alpha value is -2.07. The van der Waals surface area contributed by atoms with E-state index in [-0.39, 0.29) is 5.76 Å². The highest BCUT2D eigenvalue weighted by Crippen LogP contribution is 2.33. The van der Waals surface area contributed by atoms with Gasteiger partial charge in [0.15, 0.2) is 5.76 Å². The van der Waals surface area contributed by atoms with Crippen LogP contribution in [0.15, 0.2) is 53.1 Å². The summed E-state index contributed by atoms with van der Waals surface area (Å²) in [6.07, 6.45) is 1.43. The van der Waals surface area contributed by atoms with Gasteiger partial charge in [-0.25, -0.2) is 4.79 Å². The Morgan fingerprint density at radius 2 is 1.94 bits per heavy atom. The number of furan rings is 1. The minimum Gasteiger partial charge on any atom is -0.478 e. The Morgan fingerprint density at radius 1 is 1.24 bits per heavy atom. The van der Waals surface area contributed by atoms with Gasteiger partial charge in [-0.3, -0.25) is 0 Å². The van der Waals surface area contributed by atoms with Crippen LogP contribution in [-0.4, -0.2) is 18.2 Å². The third-order valence-corrected chi connectivity index (χ3v) is 2.66. The van der Waals surface area contributed by atoms with Gasteiger partial charge in [-0.2, -0.15) is 0 Å². The smallest absolute Gasteiger partial charge is 0.348 e. The van der Waals surface area contributed by atoms with E-state index in [1.807, 2.05) is 6.07 Å². The molecule has 1 heterocycles. The van der Waals surface area contributed by atoms with Crippen LogP contribution in [0.3, 0.4) is 0 Å². The van der Waals surface area contributed by atoms with Gasteiger partial charge in [-0.1, -0.05) is 30.3 Å². The van der Waals surface area contributed by atoms with E-state index in [1.165, 1.54) is 13.4 Å². The first-order valence-corrected chi connectivity index (χ1v) is 5.10. The molecule has 2 aromatic rings. The molecule has 0 saturated carbocycles. The van der Waals surface area contributed by atoms with Crippen molar-refractivity contribution in [2.75, 3.05) is 7.11 Å². The number of aliphatic carboxylic acids is 1. The highest BCUT2D eigenvalue weighted by molar-refractivity contribution is 5.83. The zero-order valence-corrected chi connectivity index (χ0v) is 9.29. The number of hydrogen-bond acceptors (Lipinski definition) is 3. The van der Waals surface area contributed by atoms with Crippen LogP contribution >= 0.6 is 0 Å². The number of carbonyl (C=O) groups is 1. The average molecular weight is 232 g/mol. The zero-order chi connectivity index (χ0) is 12.3. The average Bonchev–Trinajstić information content (AvgIpc) is 2.86. The molecule has 88 valence electrons. The maximum absolute atomic E-state index is 11.6. The lowest BCUT2D eigenvalue weighted by atomic mass is 9.91. The topological polar surface area (TPSA) is 59.7 Å². The second-order valence-corrected chi connectivity index (χ2v) is 3.53. The summed E-state index contributed by atoms with van der Waals surface area (Å²) in [5, 5.41) is 9.46. The number of benzene rings is 1. The third-order valence-electron chi connectivity index (χ3n) is 2.66.